The van der Waals surface area contributed by atoms with Crippen molar-refractivity contribution in [3.63, 3.8) is 0 Å². The lowest BCUT2D eigenvalue weighted by atomic mass is 10.2. The molecule has 1 N–H and O–H groups in total. The Kier molecular flexibility index (Phi) is 13.3. The number of aliphatic imine (C=N–C) groups is 1. The molecule has 0 aliphatic rings. The fourth-order valence-electron chi connectivity index (χ4n) is 2.15. The van der Waals surface area contributed by atoms with Crippen LogP contribution in [-0.4, -0.2) is 51.8 Å². The zero-order valence-corrected chi connectivity index (χ0v) is 17.3. The van der Waals surface area contributed by atoms with E-state index in [1.165, 1.54) is 0 Å². The van der Waals surface area contributed by atoms with E-state index < -0.39 is 0 Å². The maximum absolute atomic E-state index is 5.69. The van der Waals surface area contributed by atoms with Gasteiger partial charge in [-0.15, -0.1) is 30.6 Å². The second-order valence-electron chi connectivity index (χ2n) is 5.23. The molecule has 0 fully saturated rings. The van der Waals surface area contributed by atoms with Crippen molar-refractivity contribution in [3.8, 4) is 5.75 Å². The molecule has 6 heteroatoms. The number of nitrogens with one attached hydrogen (secondary N) is 1. The maximum Gasteiger partial charge on any atom is 0.193 e. The van der Waals surface area contributed by atoms with E-state index in [9.17, 15) is 0 Å². The molecule has 1 rings (SSSR count). The molecule has 136 valence electrons. The summed E-state index contributed by atoms with van der Waals surface area (Å²) in [6.45, 7) is 6.62. The summed E-state index contributed by atoms with van der Waals surface area (Å²) in [5.74, 6) is 1.74. The number of allylic oxidation sites excluding steroid dienone is 1. The van der Waals surface area contributed by atoms with Crippen LogP contribution in [0.3, 0.4) is 0 Å². The Hall–Kier alpha value is -1.28. The average Bonchev–Trinajstić information content (AvgIpc) is 2.58. The molecule has 0 aliphatic carbocycles. The normalized spacial score (nSPS) is 10.7. The Morgan fingerprint density at radius 1 is 1.42 bits per heavy atom. The lowest BCUT2D eigenvalue weighted by molar-refractivity contribution is 0.125. The Morgan fingerprint density at radius 3 is 2.88 bits per heavy atom. The number of rotatable bonds is 10. The van der Waals surface area contributed by atoms with Gasteiger partial charge in [0.25, 0.3) is 0 Å². The van der Waals surface area contributed by atoms with Gasteiger partial charge in [-0.2, -0.15) is 0 Å². The topological polar surface area (TPSA) is 46.1 Å². The average molecular weight is 447 g/mol. The second-order valence-corrected chi connectivity index (χ2v) is 5.23. The van der Waals surface area contributed by atoms with E-state index in [0.717, 1.165) is 43.2 Å². The zero-order chi connectivity index (χ0) is 16.9. The molecule has 0 saturated heterocycles. The first kappa shape index (κ1) is 22.7. The molecule has 0 spiro atoms. The molecule has 5 nitrogen and oxygen atoms in total. The molecular weight excluding hydrogens is 417 g/mol. The van der Waals surface area contributed by atoms with Crippen LogP contribution in [0, 0.1) is 0 Å². The Labute approximate surface area is 163 Å². The van der Waals surface area contributed by atoms with Crippen molar-refractivity contribution in [1.82, 2.24) is 10.2 Å². The number of methoxy groups -OCH3 is 1. The minimum atomic E-state index is 0. The van der Waals surface area contributed by atoms with E-state index in [1.807, 2.05) is 37.4 Å². The number of benzene rings is 1. The predicted molar refractivity (Wildman–Crippen MR) is 111 cm³/mol. The van der Waals surface area contributed by atoms with Crippen LogP contribution in [0.15, 0.2) is 41.9 Å². The first-order valence-corrected chi connectivity index (χ1v) is 7.94. The molecule has 0 unspecified atom stereocenters. The quantitative estimate of drug-likeness (QED) is 0.197. The van der Waals surface area contributed by atoms with Gasteiger partial charge in [-0.25, -0.2) is 0 Å². The molecule has 0 saturated carbocycles. The first-order chi connectivity index (χ1) is 11.2. The van der Waals surface area contributed by atoms with Crippen molar-refractivity contribution in [3.05, 3.63) is 42.5 Å². The number of nitrogens with zero attached hydrogens (tertiary/aromatic N) is 2. The molecular formula is C18H30IN3O2. The Balaban J connectivity index is 0.00000529. The van der Waals surface area contributed by atoms with Gasteiger partial charge < -0.3 is 19.7 Å². The van der Waals surface area contributed by atoms with E-state index in [-0.39, 0.29) is 24.0 Å². The van der Waals surface area contributed by atoms with Crippen LogP contribution in [-0.2, 0) is 11.3 Å². The van der Waals surface area contributed by atoms with E-state index >= 15 is 0 Å². The van der Waals surface area contributed by atoms with Crippen LogP contribution in [0.1, 0.15) is 18.4 Å². The molecule has 1 aromatic carbocycles. The van der Waals surface area contributed by atoms with Gasteiger partial charge in [0.2, 0.25) is 0 Å². The lowest BCUT2D eigenvalue weighted by Gasteiger charge is -2.21. The first-order valence-electron chi connectivity index (χ1n) is 7.94. The fraction of sp³-hybridized carbons (Fsp3) is 0.500. The summed E-state index contributed by atoms with van der Waals surface area (Å²) < 4.78 is 10.9. The minimum absolute atomic E-state index is 0. The molecule has 24 heavy (non-hydrogen) atoms. The van der Waals surface area contributed by atoms with Crippen LogP contribution in [0.25, 0.3) is 0 Å². The molecule has 0 radical (unpaired) electrons. The third-order valence-electron chi connectivity index (χ3n) is 3.41. The van der Waals surface area contributed by atoms with Gasteiger partial charge in [0.1, 0.15) is 5.75 Å². The summed E-state index contributed by atoms with van der Waals surface area (Å²) in [5.41, 5.74) is 1.11. The van der Waals surface area contributed by atoms with Crippen molar-refractivity contribution < 1.29 is 9.47 Å². The van der Waals surface area contributed by atoms with Gasteiger partial charge in [-0.3, -0.25) is 4.99 Å². The van der Waals surface area contributed by atoms with E-state index in [4.69, 9.17) is 9.47 Å². The van der Waals surface area contributed by atoms with Crippen molar-refractivity contribution in [2.45, 2.75) is 19.4 Å². The predicted octanol–water partition coefficient (Wildman–Crippen LogP) is 3.30. The summed E-state index contributed by atoms with van der Waals surface area (Å²) >= 11 is 0. The molecule has 0 atom stereocenters. The highest BCUT2D eigenvalue weighted by molar-refractivity contribution is 14.0. The third-order valence-corrected chi connectivity index (χ3v) is 3.41. The highest BCUT2D eigenvalue weighted by atomic mass is 127. The van der Waals surface area contributed by atoms with Gasteiger partial charge in [0.05, 0.1) is 20.3 Å². The maximum atomic E-state index is 5.69. The molecule has 0 aromatic heterocycles. The smallest absolute Gasteiger partial charge is 0.193 e. The van der Waals surface area contributed by atoms with E-state index in [1.54, 1.807) is 14.2 Å². The number of halogens is 1. The number of hydrogen-bond donors (Lipinski definition) is 1. The second kappa shape index (κ2) is 14.1. The summed E-state index contributed by atoms with van der Waals surface area (Å²) in [7, 11) is 5.50. The molecule has 1 aromatic rings. The van der Waals surface area contributed by atoms with Crippen LogP contribution in [0.4, 0.5) is 0 Å². The minimum Gasteiger partial charge on any atom is -0.497 e. The van der Waals surface area contributed by atoms with Crippen molar-refractivity contribution in [2.75, 3.05) is 40.9 Å². The lowest BCUT2D eigenvalue weighted by Crippen LogP contribution is -2.40. The summed E-state index contributed by atoms with van der Waals surface area (Å²) in [6, 6.07) is 7.91. The Bertz CT molecular complexity index is 495. The number of ether oxygens (including phenoxy) is 2. The number of hydrogen-bond acceptors (Lipinski definition) is 3. The largest absolute Gasteiger partial charge is 0.497 e. The fourth-order valence-corrected chi connectivity index (χ4v) is 2.15. The van der Waals surface area contributed by atoms with Crippen LogP contribution >= 0.6 is 24.0 Å². The van der Waals surface area contributed by atoms with Crippen LogP contribution in [0.2, 0.25) is 0 Å². The van der Waals surface area contributed by atoms with Crippen LogP contribution < -0.4 is 10.1 Å². The van der Waals surface area contributed by atoms with Gasteiger partial charge in [-0.05, 0) is 30.5 Å². The molecule has 0 amide bonds. The van der Waals surface area contributed by atoms with Gasteiger partial charge in [-0.1, -0.05) is 18.2 Å². The van der Waals surface area contributed by atoms with E-state index in [2.05, 4.69) is 21.8 Å². The zero-order valence-electron chi connectivity index (χ0n) is 15.0. The Morgan fingerprint density at radius 2 is 2.21 bits per heavy atom. The molecule has 0 heterocycles. The number of guanidine groups is 1. The summed E-state index contributed by atoms with van der Waals surface area (Å²) in [6.07, 6.45) is 4.04. The van der Waals surface area contributed by atoms with Crippen molar-refractivity contribution in [2.24, 2.45) is 4.99 Å². The molecule has 0 bridgehead atoms. The summed E-state index contributed by atoms with van der Waals surface area (Å²) in [5, 5.41) is 3.31. The monoisotopic (exact) mass is 447 g/mol. The van der Waals surface area contributed by atoms with E-state index in [0.29, 0.717) is 13.2 Å². The highest BCUT2D eigenvalue weighted by Crippen LogP contribution is 2.12. The van der Waals surface area contributed by atoms with Gasteiger partial charge in [0.15, 0.2) is 5.96 Å². The van der Waals surface area contributed by atoms with Crippen molar-refractivity contribution >= 4 is 29.9 Å². The van der Waals surface area contributed by atoms with Crippen LogP contribution in [0.5, 0.6) is 5.75 Å². The number of unbranched alkanes of at least 4 members (excludes halogenated alkanes) is 1. The highest BCUT2D eigenvalue weighted by Gasteiger charge is 2.04. The van der Waals surface area contributed by atoms with Crippen molar-refractivity contribution in [1.29, 1.82) is 0 Å². The van der Waals surface area contributed by atoms with Gasteiger partial charge >= 0.3 is 0 Å². The third kappa shape index (κ3) is 9.12. The summed E-state index contributed by atoms with van der Waals surface area (Å²) in [4.78, 5) is 6.40. The van der Waals surface area contributed by atoms with Gasteiger partial charge in [0, 0.05) is 27.2 Å². The SMILES string of the molecule is C=CCCCN(C)C(=NC)NCCOCc1cccc(OC)c1.I. The molecule has 0 aliphatic heterocycles. The standard InChI is InChI=1S/C18H29N3O2.HI/c1-5-6-7-12-21(3)18(19-2)20-11-13-23-15-16-9-8-10-17(14-16)22-4;/h5,8-10,14H,1,6-7,11-13,15H2,2-4H3,(H,19,20);1H.